The monoisotopic (exact) mass is 447 g/mol. The Bertz CT molecular complexity index is 586. The third-order valence-electron chi connectivity index (χ3n) is 2.76. The number of halogens is 2. The Labute approximate surface area is 150 Å². The van der Waals surface area contributed by atoms with Crippen molar-refractivity contribution >= 4 is 41.7 Å². The van der Waals surface area contributed by atoms with Crippen LogP contribution < -0.4 is 4.90 Å². The second-order valence-electron chi connectivity index (χ2n) is 5.35. The average Bonchev–Trinajstić information content (AvgIpc) is 2.45. The molecule has 1 rings (SSSR count). The zero-order valence-electron chi connectivity index (χ0n) is 13.4. The van der Waals surface area contributed by atoms with E-state index in [1.165, 1.54) is 0 Å². The van der Waals surface area contributed by atoms with Crippen molar-refractivity contribution in [1.29, 1.82) is 0 Å². The minimum atomic E-state index is -1.98. The molecule has 0 aromatic heterocycles. The number of hydrogen-bond acceptors (Lipinski definition) is 3. The predicted molar refractivity (Wildman–Crippen MR) is 91.9 cm³/mol. The third kappa shape index (κ3) is 7.11. The maximum absolute atomic E-state index is 12.3. The summed E-state index contributed by atoms with van der Waals surface area (Å²) in [6, 6.07) is 7.00. The molecule has 0 saturated heterocycles. The summed E-state index contributed by atoms with van der Waals surface area (Å²) < 4.78 is 6.98. The number of carbonyl (C=O) groups is 2. The topological polar surface area (TPSA) is 46.6 Å². The molecule has 2 amide bonds. The number of amides is 2. The van der Waals surface area contributed by atoms with Gasteiger partial charge >= 0.3 is 150 Å². The molecule has 0 radical (unpaired) electrons. The van der Waals surface area contributed by atoms with Crippen molar-refractivity contribution in [2.24, 2.45) is 5.92 Å². The molecule has 0 aliphatic carbocycles. The second kappa shape index (κ2) is 10.2. The summed E-state index contributed by atoms with van der Waals surface area (Å²) in [6.45, 7) is 6.02. The Hall–Kier alpha value is -0.767. The summed E-state index contributed by atoms with van der Waals surface area (Å²) in [7, 11) is 11.8. The molecule has 1 aromatic rings. The number of hydrogen-bond donors (Lipinski definition) is 0. The van der Waals surface area contributed by atoms with Crippen LogP contribution in [0, 0.1) is 5.92 Å². The Balaban J connectivity index is 3.11. The first-order valence-electron chi connectivity index (χ1n) is 7.28. The van der Waals surface area contributed by atoms with Gasteiger partial charge < -0.3 is 0 Å². The van der Waals surface area contributed by atoms with E-state index < -0.39 is 19.6 Å². The van der Waals surface area contributed by atoms with E-state index in [-0.39, 0.29) is 24.9 Å². The number of imide groups is 1. The Morgan fingerprint density at radius 1 is 1.35 bits per heavy atom. The van der Waals surface area contributed by atoms with Crippen LogP contribution in [0.15, 0.2) is 24.3 Å². The van der Waals surface area contributed by atoms with Gasteiger partial charge in [-0.3, -0.25) is 0 Å². The van der Waals surface area contributed by atoms with Gasteiger partial charge in [0, 0.05) is 0 Å². The van der Waals surface area contributed by atoms with Crippen LogP contribution in [-0.2, 0) is 23.0 Å². The van der Waals surface area contributed by atoms with Crippen LogP contribution in [-0.4, -0.2) is 23.2 Å². The van der Waals surface area contributed by atoms with Gasteiger partial charge in [0.25, 0.3) is 0 Å². The molecule has 0 heterocycles. The van der Waals surface area contributed by atoms with Gasteiger partial charge in [0.15, 0.2) is 0 Å². The number of nitrogens with zero attached hydrogens (tertiary/aromatic N) is 1. The van der Waals surface area contributed by atoms with Crippen molar-refractivity contribution in [2.45, 2.75) is 33.6 Å². The molecule has 1 aromatic carbocycles. The summed E-state index contributed by atoms with van der Waals surface area (Å²) in [5.74, 6) is -0.0921. The first-order chi connectivity index (χ1) is 10.8. The molecule has 0 aliphatic heterocycles. The van der Waals surface area contributed by atoms with Gasteiger partial charge in [-0.25, -0.2) is 0 Å². The van der Waals surface area contributed by atoms with Crippen LogP contribution >= 0.6 is 19.4 Å². The van der Waals surface area contributed by atoms with Gasteiger partial charge in [-0.1, -0.05) is 0 Å². The van der Waals surface area contributed by atoms with Crippen molar-refractivity contribution in [2.75, 3.05) is 11.5 Å². The first kappa shape index (κ1) is 20.3. The van der Waals surface area contributed by atoms with E-state index >= 15 is 0 Å². The molecular weight excluding hydrogens is 426 g/mol. The summed E-state index contributed by atoms with van der Waals surface area (Å²) in [5, 5.41) is 0. The Kier molecular flexibility index (Phi) is 8.97. The summed E-state index contributed by atoms with van der Waals surface area (Å²) in [4.78, 5) is 25.7. The van der Waals surface area contributed by atoms with Gasteiger partial charge in [-0.2, -0.15) is 0 Å². The van der Waals surface area contributed by atoms with Crippen LogP contribution in [0.25, 0.3) is 0 Å². The molecule has 0 saturated carbocycles. The molecule has 130 valence electrons. The summed E-state index contributed by atoms with van der Waals surface area (Å²) in [6.07, 6.45) is 0.269. The first-order valence-corrected chi connectivity index (χ1v) is 12.8. The van der Waals surface area contributed by atoms with Gasteiger partial charge in [0.05, 0.1) is 0 Å². The quantitative estimate of drug-likeness (QED) is 0.595. The Morgan fingerprint density at radius 2 is 2.04 bits per heavy atom. The zero-order valence-corrected chi connectivity index (χ0v) is 16.6. The van der Waals surface area contributed by atoms with Gasteiger partial charge in [0.1, 0.15) is 0 Å². The number of anilines is 1. The Morgan fingerprint density at radius 3 is 2.61 bits per heavy atom. The fourth-order valence-corrected chi connectivity index (χ4v) is 3.60. The molecule has 7 heteroatoms. The van der Waals surface area contributed by atoms with E-state index in [1.54, 1.807) is 22.8 Å². The van der Waals surface area contributed by atoms with Crippen molar-refractivity contribution < 1.29 is 27.8 Å². The summed E-state index contributed by atoms with van der Waals surface area (Å²) >= 11 is -1.98. The van der Waals surface area contributed by atoms with E-state index in [0.717, 1.165) is 10.5 Å². The second-order valence-corrected chi connectivity index (χ2v) is 11.1. The molecular formula is C16H21Cl2NO3Ru. The number of ether oxygens (including phenoxy) is 1. The molecule has 0 atom stereocenters. The van der Waals surface area contributed by atoms with Crippen LogP contribution in [0.5, 0.6) is 0 Å². The van der Waals surface area contributed by atoms with Crippen molar-refractivity contribution in [3.05, 3.63) is 29.8 Å². The standard InChI is InChI=1S/C16H21NO3.2ClH.Ru/c1-5-7-15(18)17(16(19)20-11-12(2)3)14-9-6-8-13(4)10-14;;;/h4,6,8-10,12H,5,7,11H2,1-3H3;2*1H;/q;;;+2/p-2. The van der Waals surface area contributed by atoms with E-state index in [0.29, 0.717) is 12.1 Å². The van der Waals surface area contributed by atoms with Gasteiger partial charge in [0.2, 0.25) is 0 Å². The molecule has 0 aliphatic rings. The van der Waals surface area contributed by atoms with Crippen LogP contribution in [0.4, 0.5) is 10.5 Å². The molecule has 0 unspecified atom stereocenters. The fourth-order valence-electron chi connectivity index (χ4n) is 1.80. The van der Waals surface area contributed by atoms with E-state index in [2.05, 4.69) is 0 Å². The number of carbonyl (C=O) groups excluding carboxylic acids is 2. The molecule has 0 bridgehead atoms. The van der Waals surface area contributed by atoms with E-state index in [9.17, 15) is 9.59 Å². The van der Waals surface area contributed by atoms with Crippen LogP contribution in [0.1, 0.15) is 39.2 Å². The molecule has 0 spiro atoms. The SMILES string of the molecule is CCCC(=O)N(C(=O)OCC(C)C)c1cccc([CH]=[Ru]([Cl])[Cl])c1. The predicted octanol–water partition coefficient (Wildman–Crippen LogP) is 4.69. The van der Waals surface area contributed by atoms with Gasteiger partial charge in [-0.05, 0) is 0 Å². The van der Waals surface area contributed by atoms with Gasteiger partial charge in [-0.15, -0.1) is 0 Å². The van der Waals surface area contributed by atoms with Crippen LogP contribution in [0.2, 0.25) is 0 Å². The number of benzene rings is 1. The molecule has 0 N–H and O–H groups in total. The molecule has 0 fully saturated rings. The maximum atomic E-state index is 12.3. The molecule has 4 nitrogen and oxygen atoms in total. The average molecular weight is 447 g/mol. The zero-order chi connectivity index (χ0) is 17.4. The number of rotatable bonds is 6. The van der Waals surface area contributed by atoms with E-state index in [1.807, 2.05) is 26.8 Å². The van der Waals surface area contributed by atoms with Crippen molar-refractivity contribution in [1.82, 2.24) is 0 Å². The normalized spacial score (nSPS) is 11.1. The van der Waals surface area contributed by atoms with Crippen molar-refractivity contribution in [3.8, 4) is 0 Å². The third-order valence-corrected chi connectivity index (χ3v) is 4.63. The summed E-state index contributed by atoms with van der Waals surface area (Å²) in [5.41, 5.74) is 1.26. The molecule has 23 heavy (non-hydrogen) atoms. The van der Waals surface area contributed by atoms with E-state index in [4.69, 9.17) is 24.1 Å². The minimum absolute atomic E-state index is 0.196. The van der Waals surface area contributed by atoms with Crippen LogP contribution in [0.3, 0.4) is 0 Å². The van der Waals surface area contributed by atoms with Crippen molar-refractivity contribution in [3.63, 3.8) is 0 Å². The fraction of sp³-hybridized carbons (Fsp3) is 0.438.